The van der Waals surface area contributed by atoms with Gasteiger partial charge in [0.2, 0.25) is 0 Å². The first-order valence-electron chi connectivity index (χ1n) is 27.5. The van der Waals surface area contributed by atoms with Gasteiger partial charge in [0.1, 0.15) is 0 Å². The first kappa shape index (κ1) is 47.6. The lowest BCUT2D eigenvalue weighted by atomic mass is 9.61. The monoisotopic (exact) mass is 979 g/mol. The van der Waals surface area contributed by atoms with E-state index >= 15 is 0 Å². The fourth-order valence-electron chi connectivity index (χ4n) is 15.4. The molecule has 0 saturated heterocycles. The van der Waals surface area contributed by atoms with Gasteiger partial charge >= 0.3 is 0 Å². The Hall–Kier alpha value is -8.06. The SMILES string of the molecule is C=Cc1c(C)c(C)c2c(c1C)-c1c(C=C)c(C)c(C)c(C)c1C21C2=C(C(C)=C2C(=C)C)c2c(C3C(=C/C)/C(=C\C(c4ccc(-c5ccccc5)cc4)c4ccc5c(c4)C(C)c4ccccc4-5)c4ccccc43)cccc21. The van der Waals surface area contributed by atoms with Gasteiger partial charge < -0.3 is 0 Å². The first-order valence-corrected chi connectivity index (χ1v) is 27.5. The van der Waals surface area contributed by atoms with E-state index in [0.717, 1.165) is 5.57 Å². The number of hydrogen-bond acceptors (Lipinski definition) is 0. The van der Waals surface area contributed by atoms with Crippen molar-refractivity contribution >= 4 is 23.3 Å². The summed E-state index contributed by atoms with van der Waals surface area (Å²) in [7, 11) is 0. The average molecular weight is 979 g/mol. The molecule has 76 heavy (non-hydrogen) atoms. The summed E-state index contributed by atoms with van der Waals surface area (Å²) in [5.74, 6) is 0.312. The normalized spacial score (nSPS) is 19.6. The van der Waals surface area contributed by atoms with Crippen LogP contribution in [0.2, 0.25) is 0 Å². The molecule has 0 amide bonds. The fraction of sp³-hybridized carbons (Fsp3) is 0.184. The van der Waals surface area contributed by atoms with Crippen LogP contribution in [0.4, 0.5) is 0 Å². The maximum Gasteiger partial charge on any atom is 0.0737 e. The molecule has 13 rings (SSSR count). The number of benzene rings is 8. The van der Waals surface area contributed by atoms with Gasteiger partial charge in [0.25, 0.3) is 0 Å². The Morgan fingerprint density at radius 1 is 0.539 bits per heavy atom. The summed E-state index contributed by atoms with van der Waals surface area (Å²) in [5.41, 5.74) is 42.0. The number of fused-ring (bicyclic) bond motifs is 13. The lowest BCUT2D eigenvalue weighted by molar-refractivity contribution is 0.750. The Morgan fingerprint density at radius 2 is 1.13 bits per heavy atom. The van der Waals surface area contributed by atoms with Crippen LogP contribution in [0.5, 0.6) is 0 Å². The summed E-state index contributed by atoms with van der Waals surface area (Å²) >= 11 is 0. The van der Waals surface area contributed by atoms with Crippen LogP contribution in [0, 0.1) is 41.5 Å². The van der Waals surface area contributed by atoms with E-state index in [0.29, 0.717) is 5.92 Å². The molecule has 0 N–H and O–H groups in total. The van der Waals surface area contributed by atoms with Gasteiger partial charge in [0.15, 0.2) is 0 Å². The van der Waals surface area contributed by atoms with Gasteiger partial charge in [0, 0.05) is 17.8 Å². The van der Waals surface area contributed by atoms with E-state index in [1.807, 2.05) is 0 Å². The third kappa shape index (κ3) is 6.13. The molecule has 0 bridgehead atoms. The Balaban J connectivity index is 1.06. The van der Waals surface area contributed by atoms with Crippen molar-refractivity contribution in [1.29, 1.82) is 0 Å². The molecule has 8 aromatic carbocycles. The summed E-state index contributed by atoms with van der Waals surface area (Å²) in [5, 5.41) is 0. The zero-order chi connectivity index (χ0) is 52.8. The van der Waals surface area contributed by atoms with Crippen LogP contribution >= 0.6 is 0 Å². The van der Waals surface area contributed by atoms with E-state index in [1.54, 1.807) is 0 Å². The zero-order valence-electron chi connectivity index (χ0n) is 45.9. The molecule has 0 saturated carbocycles. The second-order valence-electron chi connectivity index (χ2n) is 22.5. The van der Waals surface area contributed by atoms with E-state index in [4.69, 9.17) is 6.58 Å². The Labute approximate surface area is 451 Å². The molecule has 0 aliphatic heterocycles. The van der Waals surface area contributed by atoms with Crippen molar-refractivity contribution in [2.45, 2.75) is 92.4 Å². The molecular formula is C76H66. The minimum absolute atomic E-state index is 0.00117. The van der Waals surface area contributed by atoms with Gasteiger partial charge in [-0.2, -0.15) is 0 Å². The third-order valence-corrected chi connectivity index (χ3v) is 19.1. The third-order valence-electron chi connectivity index (χ3n) is 19.1. The van der Waals surface area contributed by atoms with Crippen molar-refractivity contribution in [3.05, 3.63) is 305 Å². The summed E-state index contributed by atoms with van der Waals surface area (Å²) in [4.78, 5) is 0. The predicted molar refractivity (Wildman–Crippen MR) is 324 cm³/mol. The summed E-state index contributed by atoms with van der Waals surface area (Å²) in [6.45, 7) is 36.9. The van der Waals surface area contributed by atoms with Gasteiger partial charge in [-0.05, 0) is 235 Å². The van der Waals surface area contributed by atoms with Crippen LogP contribution in [0.1, 0.15) is 151 Å². The van der Waals surface area contributed by atoms with Crippen molar-refractivity contribution < 1.29 is 0 Å². The molecule has 5 aliphatic rings. The maximum atomic E-state index is 4.75. The minimum atomic E-state index is -0.563. The minimum Gasteiger partial charge on any atom is -0.0984 e. The molecule has 4 unspecified atom stereocenters. The number of rotatable bonds is 8. The largest absolute Gasteiger partial charge is 0.0984 e. The Morgan fingerprint density at radius 3 is 1.83 bits per heavy atom. The van der Waals surface area contributed by atoms with Gasteiger partial charge in [-0.25, -0.2) is 0 Å². The summed E-state index contributed by atoms with van der Waals surface area (Å²) in [6, 6.07) is 53.0. The molecular weight excluding hydrogens is 913 g/mol. The second kappa shape index (κ2) is 17.2. The van der Waals surface area contributed by atoms with Crippen LogP contribution in [0.25, 0.3) is 56.7 Å². The zero-order valence-corrected chi connectivity index (χ0v) is 45.9. The van der Waals surface area contributed by atoms with Crippen molar-refractivity contribution in [3.8, 4) is 33.4 Å². The maximum absolute atomic E-state index is 4.75. The number of hydrogen-bond donors (Lipinski definition) is 0. The van der Waals surface area contributed by atoms with Gasteiger partial charge in [-0.1, -0.05) is 196 Å². The van der Waals surface area contributed by atoms with Crippen molar-refractivity contribution in [1.82, 2.24) is 0 Å². The topological polar surface area (TPSA) is 0 Å². The van der Waals surface area contributed by atoms with Gasteiger partial charge in [-0.3, -0.25) is 0 Å². The molecule has 8 aromatic rings. The molecule has 1 spiro atoms. The lowest BCUT2D eigenvalue weighted by Crippen LogP contribution is -2.33. The highest BCUT2D eigenvalue weighted by molar-refractivity contribution is 6.10. The van der Waals surface area contributed by atoms with Crippen molar-refractivity contribution in [3.63, 3.8) is 0 Å². The van der Waals surface area contributed by atoms with Crippen molar-refractivity contribution in [2.75, 3.05) is 0 Å². The van der Waals surface area contributed by atoms with E-state index in [9.17, 15) is 0 Å². The van der Waals surface area contributed by atoms with Crippen LogP contribution in [-0.4, -0.2) is 0 Å². The molecule has 0 aromatic heterocycles. The molecule has 370 valence electrons. The van der Waals surface area contributed by atoms with Crippen LogP contribution in [0.15, 0.2) is 199 Å². The lowest BCUT2D eigenvalue weighted by Gasteiger charge is -2.40. The first-order chi connectivity index (χ1) is 36.8. The van der Waals surface area contributed by atoms with Crippen LogP contribution < -0.4 is 0 Å². The van der Waals surface area contributed by atoms with E-state index in [1.165, 1.54) is 173 Å². The molecule has 0 radical (unpaired) electrons. The van der Waals surface area contributed by atoms with Gasteiger partial charge in [-0.15, -0.1) is 0 Å². The molecule has 4 atom stereocenters. The quantitative estimate of drug-likeness (QED) is 0.142. The van der Waals surface area contributed by atoms with Crippen LogP contribution in [0.3, 0.4) is 0 Å². The van der Waals surface area contributed by atoms with Crippen molar-refractivity contribution in [2.24, 2.45) is 0 Å². The van der Waals surface area contributed by atoms with E-state index < -0.39 is 5.41 Å². The second-order valence-corrected chi connectivity index (χ2v) is 22.5. The van der Waals surface area contributed by atoms with Crippen LogP contribution in [-0.2, 0) is 5.41 Å². The van der Waals surface area contributed by atoms with Gasteiger partial charge in [0.05, 0.1) is 5.41 Å². The average Bonchev–Trinajstić information content (AvgIpc) is 3.41. The highest BCUT2D eigenvalue weighted by Gasteiger charge is 2.60. The van der Waals surface area contributed by atoms with E-state index in [-0.39, 0.29) is 11.8 Å². The molecule has 0 fully saturated rings. The Bertz CT molecular complexity index is 4070. The highest BCUT2D eigenvalue weighted by Crippen LogP contribution is 2.72. The smallest absolute Gasteiger partial charge is 0.0737 e. The molecule has 0 heterocycles. The highest BCUT2D eigenvalue weighted by atomic mass is 14.6. The van der Waals surface area contributed by atoms with E-state index in [2.05, 4.69) is 246 Å². The molecule has 0 nitrogen and oxygen atoms in total. The summed E-state index contributed by atoms with van der Waals surface area (Å²) < 4.78 is 0. The molecule has 5 aliphatic carbocycles. The predicted octanol–water partition coefficient (Wildman–Crippen LogP) is 19.9. The summed E-state index contributed by atoms with van der Waals surface area (Å²) in [6.07, 6.45) is 9.25. The fourth-order valence-corrected chi connectivity index (χ4v) is 15.4. The Kier molecular flexibility index (Phi) is 10.8. The molecule has 0 heteroatoms. The number of allylic oxidation sites excluding steroid dienone is 9. The standard InChI is InChI=1S/C76H66/c1-14-54-44(8)46(10)73-68(48(54)12)72-55(15-2)43(7)42(6)45(9)74(72)76(73)66-32-24-31-62(71(66)69-49(13)67(41(4)5)75(69)76)70-56(16-3)65(59-29-22-23-30-61(59)70)40-64(52-35-33-51(34-36-52)50-25-18-17-19-26-50)53-37-38-60-58-28-21-20-27-57(58)47(11)63(60)39-53/h14-40,47,64,70H,1-2,4H2,3,5-13H3/b56-16+,65-40+.